The number of hydrogen-bond acceptors (Lipinski definition) is 4. The topological polar surface area (TPSA) is 71.5 Å². The molecule has 5 nitrogen and oxygen atoms in total. The molecule has 110 valence electrons. The van der Waals surface area contributed by atoms with E-state index in [4.69, 9.17) is 9.94 Å². The third kappa shape index (κ3) is 3.05. The first-order valence-corrected chi connectivity index (χ1v) is 6.78. The summed E-state index contributed by atoms with van der Waals surface area (Å²) >= 11 is 0. The van der Waals surface area contributed by atoms with Crippen LogP contribution in [0.2, 0.25) is 0 Å². The van der Waals surface area contributed by atoms with Crippen LogP contribution in [0.5, 0.6) is 5.75 Å². The van der Waals surface area contributed by atoms with Gasteiger partial charge in [-0.25, -0.2) is 10.5 Å². The smallest absolute Gasteiger partial charge is 0.274 e. The molecule has 0 fully saturated rings. The summed E-state index contributed by atoms with van der Waals surface area (Å²) in [5, 5.41) is 9.71. The van der Waals surface area contributed by atoms with E-state index < -0.39 is 5.91 Å². The predicted octanol–water partition coefficient (Wildman–Crippen LogP) is 2.93. The fourth-order valence-corrected chi connectivity index (χ4v) is 2.14. The molecule has 1 heterocycles. The Bertz CT molecular complexity index is 818. The second-order valence-electron chi connectivity index (χ2n) is 4.75. The second kappa shape index (κ2) is 6.24. The summed E-state index contributed by atoms with van der Waals surface area (Å²) in [5.41, 5.74) is 3.64. The molecule has 0 saturated heterocycles. The van der Waals surface area contributed by atoms with Crippen LogP contribution >= 0.6 is 0 Å². The summed E-state index contributed by atoms with van der Waals surface area (Å²) in [4.78, 5) is 15.9. The van der Waals surface area contributed by atoms with Crippen LogP contribution in [-0.2, 0) is 6.61 Å². The van der Waals surface area contributed by atoms with Gasteiger partial charge in [-0.15, -0.1) is 0 Å². The highest BCUT2D eigenvalue weighted by Crippen LogP contribution is 2.16. The van der Waals surface area contributed by atoms with Gasteiger partial charge in [-0.1, -0.05) is 30.3 Å². The zero-order chi connectivity index (χ0) is 15.4. The van der Waals surface area contributed by atoms with Crippen molar-refractivity contribution in [2.75, 3.05) is 0 Å². The number of aromatic nitrogens is 1. The Hall–Kier alpha value is -2.92. The minimum atomic E-state index is -0.575. The highest BCUT2D eigenvalue weighted by atomic mass is 16.5. The molecule has 0 atom stereocenters. The number of para-hydroxylation sites is 1. The highest BCUT2D eigenvalue weighted by Gasteiger charge is 2.05. The number of rotatable bonds is 4. The third-order valence-corrected chi connectivity index (χ3v) is 3.24. The fraction of sp³-hybridized carbons (Fsp3) is 0.0588. The monoisotopic (exact) mass is 294 g/mol. The van der Waals surface area contributed by atoms with Crippen molar-refractivity contribution in [3.63, 3.8) is 0 Å². The van der Waals surface area contributed by atoms with Gasteiger partial charge in [0.25, 0.3) is 5.91 Å². The van der Waals surface area contributed by atoms with Crippen molar-refractivity contribution in [1.82, 2.24) is 10.5 Å². The van der Waals surface area contributed by atoms with Crippen molar-refractivity contribution in [2.24, 2.45) is 0 Å². The first-order valence-electron chi connectivity index (χ1n) is 6.78. The molecule has 0 unspecified atom stereocenters. The molecule has 5 heteroatoms. The molecule has 0 aliphatic heterocycles. The number of hydroxylamine groups is 1. The molecule has 22 heavy (non-hydrogen) atoms. The molecular formula is C17H14N2O3. The van der Waals surface area contributed by atoms with Gasteiger partial charge >= 0.3 is 0 Å². The highest BCUT2D eigenvalue weighted by molar-refractivity contribution is 5.93. The van der Waals surface area contributed by atoms with Gasteiger partial charge in [0.1, 0.15) is 12.4 Å². The maximum atomic E-state index is 11.4. The van der Waals surface area contributed by atoms with E-state index in [9.17, 15) is 4.79 Å². The van der Waals surface area contributed by atoms with E-state index in [1.165, 1.54) is 0 Å². The Morgan fingerprint density at radius 3 is 2.82 bits per heavy atom. The van der Waals surface area contributed by atoms with E-state index in [1.807, 2.05) is 36.4 Å². The number of carbonyl (C=O) groups excluding carboxylic acids is 1. The quantitative estimate of drug-likeness (QED) is 0.573. The van der Waals surface area contributed by atoms with E-state index in [-0.39, 0.29) is 0 Å². The molecule has 3 aromatic rings. The molecule has 3 rings (SSSR count). The Labute approximate surface area is 127 Å². The van der Waals surface area contributed by atoms with Gasteiger partial charge in [-0.3, -0.25) is 10.0 Å². The number of ether oxygens (including phenoxy) is 1. The molecule has 1 amide bonds. The zero-order valence-electron chi connectivity index (χ0n) is 11.7. The van der Waals surface area contributed by atoms with Crippen LogP contribution in [-0.4, -0.2) is 16.1 Å². The summed E-state index contributed by atoms with van der Waals surface area (Å²) < 4.78 is 5.65. The molecule has 0 spiro atoms. The van der Waals surface area contributed by atoms with Crippen LogP contribution in [0, 0.1) is 0 Å². The molecular weight excluding hydrogens is 280 g/mol. The maximum Gasteiger partial charge on any atom is 0.274 e. The van der Waals surface area contributed by atoms with E-state index in [0.29, 0.717) is 17.9 Å². The van der Waals surface area contributed by atoms with Crippen molar-refractivity contribution >= 4 is 16.8 Å². The average Bonchev–Trinajstić information content (AvgIpc) is 2.59. The van der Waals surface area contributed by atoms with Crippen LogP contribution in [0.25, 0.3) is 10.9 Å². The number of carbonyl (C=O) groups is 1. The largest absolute Gasteiger partial charge is 0.487 e. The number of fused-ring (bicyclic) bond motifs is 1. The zero-order valence-corrected chi connectivity index (χ0v) is 11.7. The molecule has 1 aromatic heterocycles. The van der Waals surface area contributed by atoms with E-state index >= 15 is 0 Å². The SMILES string of the molecule is O=C(NO)c1cccc(OCc2ccc3ccccc3n2)c1. The van der Waals surface area contributed by atoms with Gasteiger partial charge in [-0.2, -0.15) is 0 Å². The van der Waals surface area contributed by atoms with E-state index in [0.717, 1.165) is 16.6 Å². The molecule has 0 saturated carbocycles. The lowest BCUT2D eigenvalue weighted by Crippen LogP contribution is -2.18. The summed E-state index contributed by atoms with van der Waals surface area (Å²) in [7, 11) is 0. The van der Waals surface area contributed by atoms with Crippen LogP contribution in [0.1, 0.15) is 16.1 Å². The number of amides is 1. The van der Waals surface area contributed by atoms with Gasteiger partial charge in [-0.05, 0) is 30.3 Å². The second-order valence-corrected chi connectivity index (χ2v) is 4.75. The predicted molar refractivity (Wildman–Crippen MR) is 81.8 cm³/mol. The number of nitrogens with zero attached hydrogens (tertiary/aromatic N) is 1. The minimum absolute atomic E-state index is 0.301. The Morgan fingerprint density at radius 1 is 1.09 bits per heavy atom. The molecule has 0 radical (unpaired) electrons. The van der Waals surface area contributed by atoms with Crippen LogP contribution < -0.4 is 10.2 Å². The summed E-state index contributed by atoms with van der Waals surface area (Å²) in [5.74, 6) is -0.0367. The molecule has 0 bridgehead atoms. The first kappa shape index (κ1) is 14.0. The number of hydrogen-bond donors (Lipinski definition) is 2. The molecule has 2 aromatic carbocycles. The fourth-order valence-electron chi connectivity index (χ4n) is 2.14. The summed E-state index contributed by atoms with van der Waals surface area (Å²) in [6.45, 7) is 0.301. The van der Waals surface area contributed by atoms with Gasteiger partial charge in [0, 0.05) is 10.9 Å². The van der Waals surface area contributed by atoms with Crippen LogP contribution in [0.15, 0.2) is 60.7 Å². The average molecular weight is 294 g/mol. The standard InChI is InChI=1S/C17H14N2O3/c20-17(19-21)13-5-3-6-15(10-13)22-11-14-9-8-12-4-1-2-7-16(12)18-14/h1-10,21H,11H2,(H,19,20). The first-order chi connectivity index (χ1) is 10.8. The van der Waals surface area contributed by atoms with Gasteiger partial charge in [0.2, 0.25) is 0 Å². The van der Waals surface area contributed by atoms with E-state index in [2.05, 4.69) is 4.98 Å². The summed E-state index contributed by atoms with van der Waals surface area (Å²) in [6.07, 6.45) is 0. The van der Waals surface area contributed by atoms with Crippen molar-refractivity contribution in [2.45, 2.75) is 6.61 Å². The number of nitrogens with one attached hydrogen (secondary N) is 1. The normalized spacial score (nSPS) is 10.4. The Morgan fingerprint density at radius 2 is 1.95 bits per heavy atom. The maximum absolute atomic E-state index is 11.4. The van der Waals surface area contributed by atoms with Crippen LogP contribution in [0.4, 0.5) is 0 Å². The molecule has 0 aliphatic rings. The van der Waals surface area contributed by atoms with Crippen LogP contribution in [0.3, 0.4) is 0 Å². The molecule has 2 N–H and O–H groups in total. The Balaban J connectivity index is 1.75. The van der Waals surface area contributed by atoms with Crippen molar-refractivity contribution in [1.29, 1.82) is 0 Å². The minimum Gasteiger partial charge on any atom is -0.487 e. The Kier molecular flexibility index (Phi) is 3.98. The van der Waals surface area contributed by atoms with Gasteiger partial charge in [0.05, 0.1) is 11.2 Å². The lowest BCUT2D eigenvalue weighted by atomic mass is 10.2. The lowest BCUT2D eigenvalue weighted by molar-refractivity contribution is 0.0706. The number of benzene rings is 2. The number of pyridine rings is 1. The summed E-state index contributed by atoms with van der Waals surface area (Å²) in [6, 6.07) is 18.4. The lowest BCUT2D eigenvalue weighted by Gasteiger charge is -2.08. The molecule has 0 aliphatic carbocycles. The van der Waals surface area contributed by atoms with Crippen molar-refractivity contribution in [3.8, 4) is 5.75 Å². The van der Waals surface area contributed by atoms with Crippen molar-refractivity contribution in [3.05, 3.63) is 71.9 Å². The van der Waals surface area contributed by atoms with Gasteiger partial charge in [0.15, 0.2) is 0 Å². The van der Waals surface area contributed by atoms with Crippen molar-refractivity contribution < 1.29 is 14.7 Å². The third-order valence-electron chi connectivity index (χ3n) is 3.24. The van der Waals surface area contributed by atoms with E-state index in [1.54, 1.807) is 29.7 Å². The van der Waals surface area contributed by atoms with Gasteiger partial charge < -0.3 is 4.74 Å².